The van der Waals surface area contributed by atoms with E-state index in [1.807, 2.05) is 42.6 Å². The topological polar surface area (TPSA) is 82.9 Å². The van der Waals surface area contributed by atoms with Gasteiger partial charge < -0.3 is 0 Å². The van der Waals surface area contributed by atoms with Gasteiger partial charge in [0.1, 0.15) is 0 Å². The number of hydrogen-bond donors (Lipinski definition) is 0. The first kappa shape index (κ1) is 25.6. The predicted octanol–water partition coefficient (Wildman–Crippen LogP) is 5.71. The Kier molecular flexibility index (Phi) is 7.90. The number of aryl methyl sites for hydroxylation is 1. The van der Waals surface area contributed by atoms with Crippen molar-refractivity contribution in [3.63, 3.8) is 0 Å². The fourth-order valence-corrected chi connectivity index (χ4v) is 6.36. The summed E-state index contributed by atoms with van der Waals surface area (Å²) < 4.78 is 28.2. The first-order chi connectivity index (χ1) is 17.3. The minimum Gasteiger partial charge on any atom is -0.267 e. The predicted molar refractivity (Wildman–Crippen MR) is 149 cm³/mol. The molecule has 2 aromatic heterocycles. The molecule has 36 heavy (non-hydrogen) atoms. The lowest BCUT2D eigenvalue weighted by atomic mass is 10.2. The maximum absolute atomic E-state index is 13.5. The maximum atomic E-state index is 13.5. The third kappa shape index (κ3) is 5.52. The van der Waals surface area contributed by atoms with Gasteiger partial charge >= 0.3 is 0 Å². The van der Waals surface area contributed by atoms with Crippen molar-refractivity contribution in [1.29, 1.82) is 0 Å². The third-order valence-electron chi connectivity index (χ3n) is 5.15. The number of anilines is 1. The Hall–Kier alpha value is -3.44. The zero-order chi connectivity index (χ0) is 25.7. The summed E-state index contributed by atoms with van der Waals surface area (Å²) in [6.07, 6.45) is 4.64. The Bertz CT molecular complexity index is 1510. The molecule has 0 N–H and O–H groups in total. The number of rotatable bonds is 10. The van der Waals surface area contributed by atoms with Crippen molar-refractivity contribution in [1.82, 2.24) is 9.29 Å². The van der Waals surface area contributed by atoms with E-state index in [0.717, 1.165) is 20.7 Å². The number of benzene rings is 2. The molecule has 4 rings (SSSR count). The normalized spacial score (nSPS) is 11.8. The van der Waals surface area contributed by atoms with E-state index in [0.29, 0.717) is 5.13 Å². The van der Waals surface area contributed by atoms with E-state index in [1.165, 1.54) is 68.4 Å². The lowest BCUT2D eigenvalue weighted by Crippen LogP contribution is -2.31. The van der Waals surface area contributed by atoms with Crippen molar-refractivity contribution in [2.75, 3.05) is 18.1 Å². The number of hydrazone groups is 1. The van der Waals surface area contributed by atoms with E-state index < -0.39 is 15.9 Å². The number of fused-ring (bicyclic) bond motifs is 1. The van der Waals surface area contributed by atoms with Crippen LogP contribution in [0.5, 0.6) is 0 Å². The molecule has 0 radical (unpaired) electrons. The molecular weight excluding hydrogens is 513 g/mol. The molecule has 2 aromatic carbocycles. The van der Waals surface area contributed by atoms with E-state index in [2.05, 4.69) is 23.2 Å². The molecule has 0 atom stereocenters. The largest absolute Gasteiger partial charge is 0.280 e. The highest BCUT2D eigenvalue weighted by molar-refractivity contribution is 7.89. The molecule has 0 aliphatic rings. The van der Waals surface area contributed by atoms with Crippen molar-refractivity contribution < 1.29 is 13.2 Å². The van der Waals surface area contributed by atoms with E-state index in [-0.39, 0.29) is 23.5 Å². The van der Waals surface area contributed by atoms with Gasteiger partial charge in [0.2, 0.25) is 15.2 Å². The highest BCUT2D eigenvalue weighted by Crippen LogP contribution is 2.31. The lowest BCUT2D eigenvalue weighted by Gasteiger charge is -2.19. The van der Waals surface area contributed by atoms with Gasteiger partial charge in [-0.1, -0.05) is 35.6 Å². The third-order valence-corrected chi connectivity index (χ3v) is 8.80. The number of aromatic nitrogens is 1. The number of hydrogen-bond acceptors (Lipinski definition) is 7. The summed E-state index contributed by atoms with van der Waals surface area (Å²) in [4.78, 5) is 19.1. The molecule has 0 unspecified atom stereocenters. The summed E-state index contributed by atoms with van der Waals surface area (Å²) in [6.45, 7) is 9.54. The fraction of sp³-hybridized carbons (Fsp3) is 0.115. The van der Waals surface area contributed by atoms with Crippen molar-refractivity contribution in [3.8, 4) is 0 Å². The average molecular weight is 537 g/mol. The number of amides is 1. The lowest BCUT2D eigenvalue weighted by molar-refractivity contribution is 0.0987. The minimum absolute atomic E-state index is 0.0758. The van der Waals surface area contributed by atoms with Gasteiger partial charge in [-0.05, 0) is 60.3 Å². The van der Waals surface area contributed by atoms with Crippen LogP contribution in [-0.2, 0) is 10.0 Å². The number of thiophene rings is 1. The average Bonchev–Trinajstić information content (AvgIpc) is 3.53. The molecule has 4 aromatic rings. The smallest absolute Gasteiger partial charge is 0.267 e. The van der Waals surface area contributed by atoms with Gasteiger partial charge in [-0.15, -0.1) is 24.5 Å². The molecule has 10 heteroatoms. The fourth-order valence-electron chi connectivity index (χ4n) is 3.38. The summed E-state index contributed by atoms with van der Waals surface area (Å²) in [5, 5.41) is 8.05. The van der Waals surface area contributed by atoms with Gasteiger partial charge in [-0.2, -0.15) is 14.4 Å². The zero-order valence-corrected chi connectivity index (χ0v) is 22.0. The monoisotopic (exact) mass is 536 g/mol. The Morgan fingerprint density at radius 3 is 2.44 bits per heavy atom. The molecule has 7 nitrogen and oxygen atoms in total. The summed E-state index contributed by atoms with van der Waals surface area (Å²) in [5.74, 6) is -0.420. The van der Waals surface area contributed by atoms with Crippen molar-refractivity contribution in [3.05, 3.63) is 101 Å². The standard InChI is InChI=1S/C26H24N4O3S3/c1-4-14-29(15-5-2)36(32,33)22-11-9-20(10-12-22)25(31)30(27-18-21-7-6-16-34-21)26-28-23-13-8-19(3)17-24(23)35-26/h4-13,16-18H,1-2,14-15H2,3H3/b27-18+. The molecule has 0 saturated carbocycles. The SMILES string of the molecule is C=CCN(CC=C)S(=O)(=O)c1ccc(C(=O)N(/N=C/c2cccs2)c2nc3ccc(C)cc3s2)cc1. The second kappa shape index (κ2) is 11.1. The van der Waals surface area contributed by atoms with Crippen LogP contribution in [0.15, 0.2) is 95.3 Å². The second-order valence-electron chi connectivity index (χ2n) is 7.77. The molecule has 0 saturated heterocycles. The molecule has 1 amide bonds. The summed E-state index contributed by atoms with van der Waals surface area (Å²) in [6, 6.07) is 15.5. The van der Waals surface area contributed by atoms with Crippen LogP contribution in [0.2, 0.25) is 0 Å². The zero-order valence-electron chi connectivity index (χ0n) is 19.6. The van der Waals surface area contributed by atoms with Crippen LogP contribution < -0.4 is 5.01 Å². The van der Waals surface area contributed by atoms with Crippen LogP contribution in [0.4, 0.5) is 5.13 Å². The molecule has 0 aliphatic carbocycles. The van der Waals surface area contributed by atoms with E-state index >= 15 is 0 Å². The molecule has 0 bridgehead atoms. The quantitative estimate of drug-likeness (QED) is 0.148. The summed E-state index contributed by atoms with van der Waals surface area (Å²) >= 11 is 2.86. The first-order valence-electron chi connectivity index (χ1n) is 10.9. The molecule has 2 heterocycles. The van der Waals surface area contributed by atoms with Crippen LogP contribution in [0.3, 0.4) is 0 Å². The molecule has 0 aliphatic heterocycles. The van der Waals surface area contributed by atoms with Crippen LogP contribution in [0.1, 0.15) is 20.8 Å². The number of sulfonamides is 1. The van der Waals surface area contributed by atoms with Gasteiger partial charge in [-0.3, -0.25) is 4.79 Å². The van der Waals surface area contributed by atoms with Gasteiger partial charge in [-0.25, -0.2) is 13.4 Å². The summed E-state index contributed by atoms with van der Waals surface area (Å²) in [7, 11) is -3.77. The van der Waals surface area contributed by atoms with Crippen LogP contribution in [-0.4, -0.2) is 42.9 Å². The Balaban J connectivity index is 1.68. The van der Waals surface area contributed by atoms with Gasteiger partial charge in [0, 0.05) is 23.5 Å². The highest BCUT2D eigenvalue weighted by atomic mass is 32.2. The van der Waals surface area contributed by atoms with Crippen molar-refractivity contribution in [2.24, 2.45) is 5.10 Å². The minimum atomic E-state index is -3.77. The van der Waals surface area contributed by atoms with Crippen molar-refractivity contribution >= 4 is 60.2 Å². The van der Waals surface area contributed by atoms with E-state index in [9.17, 15) is 13.2 Å². The van der Waals surface area contributed by atoms with Gasteiger partial charge in [0.15, 0.2) is 0 Å². The Morgan fingerprint density at radius 2 is 1.81 bits per heavy atom. The molecule has 0 fully saturated rings. The van der Waals surface area contributed by atoms with Crippen LogP contribution in [0.25, 0.3) is 10.2 Å². The van der Waals surface area contributed by atoms with Crippen molar-refractivity contribution in [2.45, 2.75) is 11.8 Å². The first-order valence-corrected chi connectivity index (χ1v) is 14.1. The summed E-state index contributed by atoms with van der Waals surface area (Å²) in [5.41, 5.74) is 2.15. The maximum Gasteiger partial charge on any atom is 0.280 e. The van der Waals surface area contributed by atoms with Crippen LogP contribution in [0, 0.1) is 6.92 Å². The Morgan fingerprint density at radius 1 is 1.08 bits per heavy atom. The number of nitrogens with zero attached hydrogens (tertiary/aromatic N) is 4. The van der Waals surface area contributed by atoms with Gasteiger partial charge in [0.05, 0.1) is 21.3 Å². The van der Waals surface area contributed by atoms with E-state index in [1.54, 1.807) is 6.21 Å². The number of carbonyl (C=O) groups excluding carboxylic acids is 1. The molecular formula is C26H24N4O3S3. The highest BCUT2D eigenvalue weighted by Gasteiger charge is 2.25. The molecule has 184 valence electrons. The number of thiazole rings is 1. The second-order valence-corrected chi connectivity index (χ2v) is 11.7. The molecule has 0 spiro atoms. The van der Waals surface area contributed by atoms with E-state index in [4.69, 9.17) is 0 Å². The van der Waals surface area contributed by atoms with Gasteiger partial charge in [0.25, 0.3) is 5.91 Å². The number of carbonyl (C=O) groups is 1. The van der Waals surface area contributed by atoms with Crippen LogP contribution >= 0.6 is 22.7 Å². The Labute approximate surface area is 218 Å².